The summed E-state index contributed by atoms with van der Waals surface area (Å²) in [6.07, 6.45) is 5.25. The van der Waals surface area contributed by atoms with Gasteiger partial charge in [-0.15, -0.1) is 0 Å². The summed E-state index contributed by atoms with van der Waals surface area (Å²) in [6.45, 7) is 3.36. The van der Waals surface area contributed by atoms with Gasteiger partial charge in [0, 0.05) is 6.61 Å². The van der Waals surface area contributed by atoms with Crippen LogP contribution in [0, 0.1) is 22.7 Å². The highest BCUT2D eigenvalue weighted by molar-refractivity contribution is 5.13. The van der Waals surface area contributed by atoms with E-state index in [0.29, 0.717) is 12.5 Å². The van der Waals surface area contributed by atoms with Crippen LogP contribution < -0.4 is 0 Å². The van der Waals surface area contributed by atoms with Crippen molar-refractivity contribution in [1.29, 1.82) is 5.26 Å². The molecule has 2 rings (SSSR count). The van der Waals surface area contributed by atoms with Crippen LogP contribution in [0.2, 0.25) is 0 Å². The fraction of sp³-hybridized carbons (Fsp3) is 0.923. The van der Waals surface area contributed by atoms with E-state index in [1.165, 1.54) is 0 Å². The maximum Gasteiger partial charge on any atom is 0.109 e. The van der Waals surface area contributed by atoms with Crippen molar-refractivity contribution in [2.45, 2.75) is 51.0 Å². The van der Waals surface area contributed by atoms with Crippen LogP contribution in [0.25, 0.3) is 0 Å². The maximum absolute atomic E-state index is 10.8. The lowest BCUT2D eigenvalue weighted by molar-refractivity contribution is -0.139. The van der Waals surface area contributed by atoms with Crippen molar-refractivity contribution >= 4 is 0 Å². The highest BCUT2D eigenvalue weighted by Crippen LogP contribution is 2.47. The first-order chi connectivity index (χ1) is 7.62. The van der Waals surface area contributed by atoms with Crippen molar-refractivity contribution in [3.05, 3.63) is 0 Å². The molecule has 0 radical (unpaired) electrons. The van der Waals surface area contributed by atoms with E-state index in [0.717, 1.165) is 45.1 Å². The maximum atomic E-state index is 10.8. The molecule has 1 N–H and O–H groups in total. The third-order valence-corrected chi connectivity index (χ3v) is 4.45. The fourth-order valence-electron chi connectivity index (χ4n) is 3.07. The van der Waals surface area contributed by atoms with E-state index in [1.54, 1.807) is 0 Å². The molecule has 2 aliphatic rings. The Hall–Kier alpha value is -0.590. The highest BCUT2D eigenvalue weighted by atomic mass is 16.5. The molecule has 3 nitrogen and oxygen atoms in total. The van der Waals surface area contributed by atoms with E-state index in [2.05, 4.69) is 13.0 Å². The predicted octanol–water partition coefficient (Wildman–Crippen LogP) is 2.25. The molecule has 3 heteroatoms. The third-order valence-electron chi connectivity index (χ3n) is 4.45. The zero-order valence-electron chi connectivity index (χ0n) is 10.0. The fourth-order valence-corrected chi connectivity index (χ4v) is 3.07. The monoisotopic (exact) mass is 223 g/mol. The van der Waals surface area contributed by atoms with Gasteiger partial charge in [-0.25, -0.2) is 0 Å². The summed E-state index contributed by atoms with van der Waals surface area (Å²) in [4.78, 5) is 0. The number of nitriles is 1. The Bertz CT molecular complexity index is 281. The van der Waals surface area contributed by atoms with Gasteiger partial charge in [0.15, 0.2) is 0 Å². The van der Waals surface area contributed by atoms with Crippen LogP contribution in [0.5, 0.6) is 0 Å². The molecular formula is C13H21NO2. The van der Waals surface area contributed by atoms with E-state index in [-0.39, 0.29) is 0 Å². The van der Waals surface area contributed by atoms with Crippen LogP contribution in [0.1, 0.15) is 45.4 Å². The predicted molar refractivity (Wildman–Crippen MR) is 60.7 cm³/mol. The summed E-state index contributed by atoms with van der Waals surface area (Å²) in [6, 6.07) is 2.37. The van der Waals surface area contributed by atoms with Gasteiger partial charge in [0.2, 0.25) is 0 Å². The number of aliphatic hydroxyl groups is 1. The van der Waals surface area contributed by atoms with Gasteiger partial charge in [-0.05, 0) is 44.4 Å². The lowest BCUT2D eigenvalue weighted by Crippen LogP contribution is -2.53. The topological polar surface area (TPSA) is 53.2 Å². The largest absolute Gasteiger partial charge is 0.388 e. The molecule has 1 saturated heterocycles. The van der Waals surface area contributed by atoms with Gasteiger partial charge < -0.3 is 9.84 Å². The second-order valence-corrected chi connectivity index (χ2v) is 5.56. The average Bonchev–Trinajstić information content (AvgIpc) is 2.34. The zero-order chi connectivity index (χ0) is 11.6. The summed E-state index contributed by atoms with van der Waals surface area (Å²) in [7, 11) is 0. The quantitative estimate of drug-likeness (QED) is 0.741. The molecule has 0 aromatic rings. The molecule has 2 fully saturated rings. The Morgan fingerprint density at radius 1 is 1.31 bits per heavy atom. The van der Waals surface area contributed by atoms with Crippen LogP contribution in [0.4, 0.5) is 0 Å². The van der Waals surface area contributed by atoms with Crippen molar-refractivity contribution in [3.63, 3.8) is 0 Å². The highest BCUT2D eigenvalue weighted by Gasteiger charge is 2.52. The van der Waals surface area contributed by atoms with Gasteiger partial charge in [0.25, 0.3) is 0 Å². The first-order valence-electron chi connectivity index (χ1n) is 6.33. The summed E-state index contributed by atoms with van der Waals surface area (Å²) < 4.78 is 5.44. The van der Waals surface area contributed by atoms with E-state index in [1.807, 2.05) is 0 Å². The molecular weight excluding hydrogens is 202 g/mol. The zero-order valence-corrected chi connectivity index (χ0v) is 10.0. The number of nitrogens with zero attached hydrogens (tertiary/aromatic N) is 1. The van der Waals surface area contributed by atoms with Crippen LogP contribution in [-0.4, -0.2) is 23.9 Å². The minimum absolute atomic E-state index is 0.411. The van der Waals surface area contributed by atoms with E-state index in [9.17, 15) is 10.4 Å². The van der Waals surface area contributed by atoms with Crippen LogP contribution in [0.3, 0.4) is 0 Å². The van der Waals surface area contributed by atoms with Crippen molar-refractivity contribution in [3.8, 4) is 6.07 Å². The van der Waals surface area contributed by atoms with Gasteiger partial charge in [-0.1, -0.05) is 6.92 Å². The number of ether oxygens (including phenoxy) is 1. The molecule has 0 spiro atoms. The second kappa shape index (κ2) is 4.35. The first kappa shape index (κ1) is 11.9. The Morgan fingerprint density at radius 2 is 2.00 bits per heavy atom. The number of hydrogen-bond acceptors (Lipinski definition) is 3. The molecule has 1 atom stereocenters. The second-order valence-electron chi connectivity index (χ2n) is 5.56. The van der Waals surface area contributed by atoms with Crippen molar-refractivity contribution in [1.82, 2.24) is 0 Å². The van der Waals surface area contributed by atoms with Crippen molar-refractivity contribution < 1.29 is 9.84 Å². The van der Waals surface area contributed by atoms with E-state index >= 15 is 0 Å². The summed E-state index contributed by atoms with van der Waals surface area (Å²) in [5, 5.41) is 20.2. The molecule has 1 aliphatic heterocycles. The van der Waals surface area contributed by atoms with Crippen LogP contribution >= 0.6 is 0 Å². The van der Waals surface area contributed by atoms with Gasteiger partial charge in [0.05, 0.1) is 18.3 Å². The van der Waals surface area contributed by atoms with Gasteiger partial charge in [0.1, 0.15) is 5.41 Å². The minimum atomic E-state index is -0.811. The summed E-state index contributed by atoms with van der Waals surface area (Å²) in [5.74, 6) is 0.681. The molecule has 1 heterocycles. The third kappa shape index (κ3) is 1.85. The molecule has 90 valence electrons. The number of rotatable bonds is 1. The molecule has 1 saturated carbocycles. The van der Waals surface area contributed by atoms with E-state index < -0.39 is 11.0 Å². The summed E-state index contributed by atoms with van der Waals surface area (Å²) >= 11 is 0. The molecule has 0 bridgehead atoms. The average molecular weight is 223 g/mol. The van der Waals surface area contributed by atoms with Gasteiger partial charge in [-0.3, -0.25) is 0 Å². The Morgan fingerprint density at radius 3 is 2.50 bits per heavy atom. The van der Waals surface area contributed by atoms with Crippen LogP contribution in [-0.2, 0) is 4.74 Å². The standard InChI is InChI=1S/C13H21NO2/c1-11-3-6-13(15,7-4-11)12(9-14)5-2-8-16-10-12/h11,15H,2-8,10H2,1H3. The molecule has 0 aromatic heterocycles. The molecule has 0 aromatic carbocycles. The molecule has 1 unspecified atom stereocenters. The Labute approximate surface area is 97.4 Å². The Kier molecular flexibility index (Phi) is 3.23. The minimum Gasteiger partial charge on any atom is -0.388 e. The van der Waals surface area contributed by atoms with Crippen molar-refractivity contribution in [2.24, 2.45) is 11.3 Å². The van der Waals surface area contributed by atoms with Gasteiger partial charge >= 0.3 is 0 Å². The van der Waals surface area contributed by atoms with Gasteiger partial charge in [-0.2, -0.15) is 5.26 Å². The van der Waals surface area contributed by atoms with E-state index in [4.69, 9.17) is 4.74 Å². The molecule has 0 amide bonds. The normalized spacial score (nSPS) is 44.9. The SMILES string of the molecule is CC1CCC(O)(C2(C#N)CCCOC2)CC1. The van der Waals surface area contributed by atoms with Crippen LogP contribution in [0.15, 0.2) is 0 Å². The van der Waals surface area contributed by atoms with Crippen molar-refractivity contribution in [2.75, 3.05) is 13.2 Å². The Balaban J connectivity index is 2.16. The lowest BCUT2D eigenvalue weighted by atomic mass is 9.62. The molecule has 1 aliphatic carbocycles. The lowest BCUT2D eigenvalue weighted by Gasteiger charge is -2.47. The number of hydrogen-bond donors (Lipinski definition) is 1. The summed E-state index contributed by atoms with van der Waals surface area (Å²) in [5.41, 5.74) is -1.46. The molecule has 16 heavy (non-hydrogen) atoms. The smallest absolute Gasteiger partial charge is 0.109 e. The first-order valence-corrected chi connectivity index (χ1v) is 6.33.